The number of fused-ring (bicyclic) bond motifs is 1. The van der Waals surface area contributed by atoms with Crippen LogP contribution in [0.15, 0.2) is 59.5 Å². The minimum Gasteiger partial charge on any atom is -0.495 e. The number of nitrogens with zero attached hydrogens (tertiary/aromatic N) is 3. The van der Waals surface area contributed by atoms with Gasteiger partial charge in [-0.3, -0.25) is 9.69 Å². The summed E-state index contributed by atoms with van der Waals surface area (Å²) in [7, 11) is 1.67. The average molecular weight is 536 g/mol. The molecule has 0 radical (unpaired) electrons. The van der Waals surface area contributed by atoms with Gasteiger partial charge in [-0.05, 0) is 80.5 Å². The molecule has 202 valence electrons. The Morgan fingerprint density at radius 2 is 1.87 bits per heavy atom. The number of methoxy groups -OCH3 is 1. The smallest absolute Gasteiger partial charge is 0.250 e. The number of hydrogen-bond acceptors (Lipinski definition) is 5. The highest BCUT2D eigenvalue weighted by molar-refractivity contribution is 6.32. The Balaban J connectivity index is 1.24. The first-order chi connectivity index (χ1) is 18.5. The third kappa shape index (κ3) is 5.57. The SMILES string of the molecule is COc1cc(N2CCN3C(CCCC3c3ccc(OCCCn4ccccc4=O)c(C)c3C)C2)ccc1Cl. The summed E-state index contributed by atoms with van der Waals surface area (Å²) in [5.41, 5.74) is 5.18. The van der Waals surface area contributed by atoms with Crippen molar-refractivity contribution in [3.8, 4) is 11.5 Å². The summed E-state index contributed by atoms with van der Waals surface area (Å²) < 4.78 is 13.3. The van der Waals surface area contributed by atoms with Gasteiger partial charge in [-0.2, -0.15) is 0 Å². The Labute approximate surface area is 230 Å². The molecule has 0 aliphatic carbocycles. The van der Waals surface area contributed by atoms with Gasteiger partial charge < -0.3 is 18.9 Å². The number of ether oxygens (including phenoxy) is 2. The summed E-state index contributed by atoms with van der Waals surface area (Å²) in [5, 5.41) is 0.651. The number of rotatable bonds is 8. The van der Waals surface area contributed by atoms with E-state index in [1.165, 1.54) is 41.6 Å². The van der Waals surface area contributed by atoms with Crippen LogP contribution in [0.1, 0.15) is 48.4 Å². The number of piperidine rings is 1. The van der Waals surface area contributed by atoms with Crippen LogP contribution in [-0.4, -0.2) is 48.9 Å². The van der Waals surface area contributed by atoms with Crippen molar-refractivity contribution in [1.29, 1.82) is 0 Å². The summed E-state index contributed by atoms with van der Waals surface area (Å²) in [6.45, 7) is 8.70. The zero-order chi connectivity index (χ0) is 26.6. The van der Waals surface area contributed by atoms with E-state index in [0.717, 1.165) is 37.6 Å². The minimum absolute atomic E-state index is 0.0309. The van der Waals surface area contributed by atoms with E-state index in [9.17, 15) is 4.79 Å². The maximum atomic E-state index is 11.9. The van der Waals surface area contributed by atoms with Crippen LogP contribution in [0.5, 0.6) is 11.5 Å². The highest BCUT2D eigenvalue weighted by Gasteiger charge is 2.36. The summed E-state index contributed by atoms with van der Waals surface area (Å²) in [6.07, 6.45) is 6.27. The lowest BCUT2D eigenvalue weighted by Crippen LogP contribution is -2.56. The van der Waals surface area contributed by atoms with Crippen molar-refractivity contribution in [2.24, 2.45) is 0 Å². The van der Waals surface area contributed by atoms with Gasteiger partial charge in [0, 0.05) is 62.3 Å². The largest absolute Gasteiger partial charge is 0.495 e. The van der Waals surface area contributed by atoms with Crippen molar-refractivity contribution in [1.82, 2.24) is 9.47 Å². The van der Waals surface area contributed by atoms with Crippen molar-refractivity contribution < 1.29 is 9.47 Å². The minimum atomic E-state index is 0.0309. The molecule has 5 rings (SSSR count). The summed E-state index contributed by atoms with van der Waals surface area (Å²) in [4.78, 5) is 17.1. The van der Waals surface area contributed by atoms with Crippen molar-refractivity contribution in [2.45, 2.75) is 58.2 Å². The number of piperazine rings is 1. The number of pyridine rings is 1. The van der Waals surface area contributed by atoms with E-state index in [1.807, 2.05) is 18.3 Å². The molecule has 2 aromatic carbocycles. The second-order valence-corrected chi connectivity index (χ2v) is 10.8. The van der Waals surface area contributed by atoms with Crippen molar-refractivity contribution in [2.75, 3.05) is 38.3 Å². The van der Waals surface area contributed by atoms with E-state index in [0.29, 0.717) is 30.3 Å². The van der Waals surface area contributed by atoms with Crippen LogP contribution in [0.4, 0.5) is 5.69 Å². The number of benzene rings is 2. The predicted molar refractivity (Wildman–Crippen MR) is 154 cm³/mol. The molecule has 2 aliphatic rings. The van der Waals surface area contributed by atoms with E-state index in [2.05, 4.69) is 47.9 Å². The zero-order valence-corrected chi connectivity index (χ0v) is 23.4. The van der Waals surface area contributed by atoms with Crippen LogP contribution in [0, 0.1) is 13.8 Å². The molecule has 0 bridgehead atoms. The molecular formula is C31H38ClN3O3. The van der Waals surface area contributed by atoms with Crippen molar-refractivity contribution in [3.05, 3.63) is 86.8 Å². The van der Waals surface area contributed by atoms with Gasteiger partial charge in [0.25, 0.3) is 0 Å². The quantitative estimate of drug-likeness (QED) is 0.330. The van der Waals surface area contributed by atoms with Gasteiger partial charge in [0.1, 0.15) is 11.5 Å². The Morgan fingerprint density at radius 3 is 2.68 bits per heavy atom. The van der Waals surface area contributed by atoms with E-state index in [4.69, 9.17) is 21.1 Å². The summed E-state index contributed by atoms with van der Waals surface area (Å²) in [6, 6.07) is 16.7. The third-order valence-electron chi connectivity index (χ3n) is 8.28. The molecule has 2 saturated heterocycles. The van der Waals surface area contributed by atoms with Crippen LogP contribution < -0.4 is 19.9 Å². The van der Waals surface area contributed by atoms with Crippen LogP contribution in [-0.2, 0) is 6.54 Å². The molecule has 7 heteroatoms. The van der Waals surface area contributed by atoms with Gasteiger partial charge in [-0.1, -0.05) is 23.7 Å². The predicted octanol–water partition coefficient (Wildman–Crippen LogP) is 6.01. The van der Waals surface area contributed by atoms with Crippen LogP contribution in [0.3, 0.4) is 0 Å². The zero-order valence-electron chi connectivity index (χ0n) is 22.7. The maximum Gasteiger partial charge on any atom is 0.250 e. The Hall–Kier alpha value is -2.96. The first kappa shape index (κ1) is 26.6. The second kappa shape index (κ2) is 11.8. The highest BCUT2D eigenvalue weighted by Crippen LogP contribution is 2.40. The van der Waals surface area contributed by atoms with Crippen LogP contribution in [0.2, 0.25) is 5.02 Å². The summed E-state index contributed by atoms with van der Waals surface area (Å²) in [5.74, 6) is 1.68. The van der Waals surface area contributed by atoms with E-state index in [1.54, 1.807) is 23.8 Å². The van der Waals surface area contributed by atoms with E-state index < -0.39 is 0 Å². The van der Waals surface area contributed by atoms with Gasteiger partial charge in [0.15, 0.2) is 0 Å². The molecule has 2 fully saturated rings. The first-order valence-corrected chi connectivity index (χ1v) is 14.1. The van der Waals surface area contributed by atoms with E-state index >= 15 is 0 Å². The Morgan fingerprint density at radius 1 is 1.00 bits per heavy atom. The monoisotopic (exact) mass is 535 g/mol. The topological polar surface area (TPSA) is 46.9 Å². The lowest BCUT2D eigenvalue weighted by Gasteiger charge is -2.49. The lowest BCUT2D eigenvalue weighted by atomic mass is 9.86. The molecule has 0 saturated carbocycles. The molecule has 38 heavy (non-hydrogen) atoms. The molecule has 2 atom stereocenters. The number of hydrogen-bond donors (Lipinski definition) is 0. The van der Waals surface area contributed by atoms with Gasteiger partial charge in [-0.25, -0.2) is 0 Å². The fourth-order valence-electron chi connectivity index (χ4n) is 6.06. The number of anilines is 1. The molecule has 0 amide bonds. The molecule has 3 heterocycles. The second-order valence-electron chi connectivity index (χ2n) is 10.4. The van der Waals surface area contributed by atoms with Gasteiger partial charge in [0.05, 0.1) is 18.7 Å². The Bertz CT molecular complexity index is 1320. The molecule has 2 aliphatic heterocycles. The molecule has 0 spiro atoms. The molecule has 1 aromatic heterocycles. The lowest BCUT2D eigenvalue weighted by molar-refractivity contribution is 0.0712. The van der Waals surface area contributed by atoms with Crippen LogP contribution >= 0.6 is 11.6 Å². The number of halogens is 1. The fourth-order valence-corrected chi connectivity index (χ4v) is 6.25. The highest BCUT2D eigenvalue weighted by atomic mass is 35.5. The van der Waals surface area contributed by atoms with Gasteiger partial charge in [0.2, 0.25) is 5.56 Å². The maximum absolute atomic E-state index is 11.9. The standard InChI is InChI=1S/C31H38ClN3O3/c1-22-23(2)29(38-19-7-16-33-15-5-4-10-31(33)36)14-12-26(22)28-9-6-8-25-21-34(17-18-35(25)28)24-11-13-27(32)30(20-24)37-3/h4-5,10-15,20,25,28H,6-9,16-19,21H2,1-3H3. The third-order valence-corrected chi connectivity index (χ3v) is 8.59. The normalized spacial score (nSPS) is 19.7. The molecule has 2 unspecified atom stereocenters. The van der Waals surface area contributed by atoms with Crippen molar-refractivity contribution in [3.63, 3.8) is 0 Å². The molecule has 3 aromatic rings. The van der Waals surface area contributed by atoms with Crippen LogP contribution in [0.25, 0.3) is 0 Å². The molecule has 0 N–H and O–H groups in total. The van der Waals surface area contributed by atoms with Gasteiger partial charge >= 0.3 is 0 Å². The number of aromatic nitrogens is 1. The average Bonchev–Trinajstić information content (AvgIpc) is 2.94. The molecule has 6 nitrogen and oxygen atoms in total. The van der Waals surface area contributed by atoms with E-state index in [-0.39, 0.29) is 5.56 Å². The first-order valence-electron chi connectivity index (χ1n) is 13.7. The fraction of sp³-hybridized carbons (Fsp3) is 0.452. The number of aryl methyl sites for hydroxylation is 1. The van der Waals surface area contributed by atoms with Crippen molar-refractivity contribution >= 4 is 17.3 Å². The summed E-state index contributed by atoms with van der Waals surface area (Å²) >= 11 is 6.27. The molecular weight excluding hydrogens is 498 g/mol. The Kier molecular flexibility index (Phi) is 8.29. The van der Waals surface area contributed by atoms with Gasteiger partial charge in [-0.15, -0.1) is 0 Å².